The van der Waals surface area contributed by atoms with E-state index < -0.39 is 17.6 Å². The van der Waals surface area contributed by atoms with Crippen LogP contribution in [0.15, 0.2) is 36.4 Å². The van der Waals surface area contributed by atoms with Crippen LogP contribution >= 0.6 is 0 Å². The molecule has 2 aromatic rings. The van der Waals surface area contributed by atoms with Crippen LogP contribution in [0.5, 0.6) is 5.75 Å². The Balaban J connectivity index is 2.50. The van der Waals surface area contributed by atoms with Gasteiger partial charge in [-0.25, -0.2) is 4.98 Å². The molecule has 0 aliphatic heterocycles. The number of hydrogen-bond acceptors (Lipinski definition) is 2. The van der Waals surface area contributed by atoms with Crippen LogP contribution in [0.4, 0.5) is 13.2 Å². The molecule has 1 aromatic heterocycles. The van der Waals surface area contributed by atoms with Crippen molar-refractivity contribution in [2.24, 2.45) is 0 Å². The maximum Gasteiger partial charge on any atom is 0.437 e. The number of rotatable bonds is 1. The summed E-state index contributed by atoms with van der Waals surface area (Å²) in [5, 5.41) is 9.18. The van der Waals surface area contributed by atoms with Crippen LogP contribution in [0.2, 0.25) is 0 Å². The third kappa shape index (κ3) is 2.45. The van der Waals surface area contributed by atoms with E-state index in [0.717, 1.165) is 11.6 Å². The zero-order chi connectivity index (χ0) is 13.3. The van der Waals surface area contributed by atoms with Gasteiger partial charge in [-0.2, -0.15) is 13.2 Å². The van der Waals surface area contributed by atoms with Crippen molar-refractivity contribution < 1.29 is 18.3 Å². The van der Waals surface area contributed by atoms with Gasteiger partial charge in [-0.05, 0) is 19.1 Å². The minimum absolute atomic E-state index is 0.181. The normalized spacial score (nSPS) is 11.6. The lowest BCUT2D eigenvalue weighted by atomic mass is 10.1. The molecule has 94 valence electrons. The Kier molecular flexibility index (Phi) is 2.98. The van der Waals surface area contributed by atoms with Crippen LogP contribution in [0.1, 0.15) is 11.3 Å². The highest BCUT2D eigenvalue weighted by Crippen LogP contribution is 2.35. The van der Waals surface area contributed by atoms with Crippen LogP contribution in [-0.4, -0.2) is 10.1 Å². The number of pyridine rings is 1. The third-order valence-electron chi connectivity index (χ3n) is 2.49. The average molecular weight is 253 g/mol. The zero-order valence-electron chi connectivity index (χ0n) is 9.49. The number of halogens is 3. The fourth-order valence-electron chi connectivity index (χ4n) is 1.55. The number of nitrogens with zero attached hydrogens (tertiary/aromatic N) is 1. The van der Waals surface area contributed by atoms with Gasteiger partial charge < -0.3 is 5.11 Å². The molecular weight excluding hydrogens is 243 g/mol. The molecule has 0 atom stereocenters. The predicted octanol–water partition coefficient (Wildman–Crippen LogP) is 3.78. The number of aryl methyl sites for hydroxylation is 1. The molecule has 1 N–H and O–H groups in total. The topological polar surface area (TPSA) is 33.1 Å². The molecule has 0 spiro atoms. The van der Waals surface area contributed by atoms with Gasteiger partial charge in [0.2, 0.25) is 0 Å². The summed E-state index contributed by atoms with van der Waals surface area (Å²) in [6.45, 7) is 1.88. The molecule has 1 heterocycles. The Morgan fingerprint density at radius 3 is 2.17 bits per heavy atom. The van der Waals surface area contributed by atoms with Crippen LogP contribution < -0.4 is 0 Å². The number of aromatic nitrogens is 1. The average Bonchev–Trinajstić information content (AvgIpc) is 2.29. The van der Waals surface area contributed by atoms with Gasteiger partial charge in [0.05, 0.1) is 5.69 Å². The summed E-state index contributed by atoms with van der Waals surface area (Å²) in [6, 6.07) is 9.32. The van der Waals surface area contributed by atoms with Gasteiger partial charge in [0.25, 0.3) is 0 Å². The maximum atomic E-state index is 12.6. The quantitative estimate of drug-likeness (QED) is 0.838. The van der Waals surface area contributed by atoms with Crippen LogP contribution in [0, 0.1) is 6.92 Å². The van der Waals surface area contributed by atoms with Crippen molar-refractivity contribution in [3.8, 4) is 17.0 Å². The second-order valence-electron chi connectivity index (χ2n) is 3.93. The first-order valence-electron chi connectivity index (χ1n) is 5.22. The zero-order valence-corrected chi connectivity index (χ0v) is 9.49. The van der Waals surface area contributed by atoms with Gasteiger partial charge >= 0.3 is 6.18 Å². The van der Waals surface area contributed by atoms with E-state index in [0.29, 0.717) is 5.56 Å². The molecular formula is C13H10F3NO. The van der Waals surface area contributed by atoms with Crippen LogP contribution in [0.3, 0.4) is 0 Å². The summed E-state index contributed by atoms with van der Waals surface area (Å²) >= 11 is 0. The van der Waals surface area contributed by atoms with E-state index >= 15 is 0 Å². The van der Waals surface area contributed by atoms with Crippen molar-refractivity contribution in [2.75, 3.05) is 0 Å². The monoisotopic (exact) mass is 253 g/mol. The first-order chi connectivity index (χ1) is 8.38. The van der Waals surface area contributed by atoms with Crippen molar-refractivity contribution in [2.45, 2.75) is 13.1 Å². The molecule has 5 heteroatoms. The highest BCUT2D eigenvalue weighted by Gasteiger charge is 2.36. The summed E-state index contributed by atoms with van der Waals surface area (Å²) in [6.07, 6.45) is -4.66. The predicted molar refractivity (Wildman–Crippen MR) is 61.1 cm³/mol. The molecule has 0 saturated carbocycles. The number of hydrogen-bond donors (Lipinski definition) is 1. The van der Waals surface area contributed by atoms with Gasteiger partial charge in [-0.3, -0.25) is 0 Å². The van der Waals surface area contributed by atoms with Crippen molar-refractivity contribution in [3.63, 3.8) is 0 Å². The van der Waals surface area contributed by atoms with E-state index in [4.69, 9.17) is 0 Å². The third-order valence-corrected chi connectivity index (χ3v) is 2.49. The molecule has 0 unspecified atom stereocenters. The van der Waals surface area contributed by atoms with Crippen molar-refractivity contribution >= 4 is 0 Å². The van der Waals surface area contributed by atoms with Gasteiger partial charge in [-0.1, -0.05) is 29.8 Å². The molecule has 0 aliphatic carbocycles. The van der Waals surface area contributed by atoms with E-state index in [9.17, 15) is 18.3 Å². The summed E-state index contributed by atoms with van der Waals surface area (Å²) in [5.74, 6) is -0.863. The SMILES string of the molecule is Cc1ccc(-c2ccc(O)c(C(F)(F)F)n2)cc1. The lowest BCUT2D eigenvalue weighted by Crippen LogP contribution is -2.08. The fourth-order valence-corrected chi connectivity index (χ4v) is 1.55. The summed E-state index contributed by atoms with van der Waals surface area (Å²) in [5.41, 5.74) is 0.500. The molecule has 0 bridgehead atoms. The molecule has 0 saturated heterocycles. The van der Waals surface area contributed by atoms with Gasteiger partial charge in [0.1, 0.15) is 5.75 Å². The Morgan fingerprint density at radius 1 is 1.00 bits per heavy atom. The minimum Gasteiger partial charge on any atom is -0.506 e. The first kappa shape index (κ1) is 12.4. The molecule has 0 radical (unpaired) electrons. The minimum atomic E-state index is -4.66. The number of alkyl halides is 3. The first-order valence-corrected chi connectivity index (χ1v) is 5.22. The van der Waals surface area contributed by atoms with Crippen molar-refractivity contribution in [1.82, 2.24) is 4.98 Å². The second-order valence-corrected chi connectivity index (χ2v) is 3.93. The molecule has 0 fully saturated rings. The largest absolute Gasteiger partial charge is 0.506 e. The van der Waals surface area contributed by atoms with Gasteiger partial charge in [0, 0.05) is 5.56 Å². The highest BCUT2D eigenvalue weighted by molar-refractivity contribution is 5.60. The molecule has 0 aliphatic rings. The van der Waals surface area contributed by atoms with E-state index in [2.05, 4.69) is 4.98 Å². The summed E-state index contributed by atoms with van der Waals surface area (Å²) in [7, 11) is 0. The Morgan fingerprint density at radius 2 is 1.61 bits per heavy atom. The second kappa shape index (κ2) is 4.33. The molecule has 2 nitrogen and oxygen atoms in total. The highest BCUT2D eigenvalue weighted by atomic mass is 19.4. The summed E-state index contributed by atoms with van der Waals surface area (Å²) in [4.78, 5) is 3.47. The van der Waals surface area contributed by atoms with Gasteiger partial charge in [-0.15, -0.1) is 0 Å². The van der Waals surface area contributed by atoms with Crippen LogP contribution in [0.25, 0.3) is 11.3 Å². The van der Waals surface area contributed by atoms with Crippen molar-refractivity contribution in [3.05, 3.63) is 47.7 Å². The Hall–Kier alpha value is -2.04. The number of benzene rings is 1. The summed E-state index contributed by atoms with van der Waals surface area (Å²) < 4.78 is 37.8. The molecule has 1 aromatic carbocycles. The smallest absolute Gasteiger partial charge is 0.437 e. The maximum absolute atomic E-state index is 12.6. The van der Waals surface area contributed by atoms with E-state index in [1.165, 1.54) is 6.07 Å². The molecule has 18 heavy (non-hydrogen) atoms. The fraction of sp³-hybridized carbons (Fsp3) is 0.154. The standard InChI is InChI=1S/C13H10F3NO/c1-8-2-4-9(5-3-8)10-6-7-11(18)12(17-10)13(14,15)16/h2-7,18H,1H3. The van der Waals surface area contributed by atoms with Gasteiger partial charge in [0.15, 0.2) is 5.69 Å². The van der Waals surface area contributed by atoms with E-state index in [-0.39, 0.29) is 5.69 Å². The Labute approximate surface area is 102 Å². The lowest BCUT2D eigenvalue weighted by Gasteiger charge is -2.10. The van der Waals surface area contributed by atoms with E-state index in [1.54, 1.807) is 24.3 Å². The molecule has 2 rings (SSSR count). The lowest BCUT2D eigenvalue weighted by molar-refractivity contribution is -0.142. The molecule has 0 amide bonds. The number of aromatic hydroxyl groups is 1. The van der Waals surface area contributed by atoms with E-state index in [1.807, 2.05) is 6.92 Å². The van der Waals surface area contributed by atoms with Crippen LogP contribution in [-0.2, 0) is 6.18 Å². The Bertz CT molecular complexity index is 561. The van der Waals surface area contributed by atoms with Crippen molar-refractivity contribution in [1.29, 1.82) is 0 Å².